The Morgan fingerprint density at radius 1 is 1.25 bits per heavy atom. The van der Waals surface area contributed by atoms with E-state index >= 15 is 0 Å². The number of aromatic nitrogens is 2. The highest BCUT2D eigenvalue weighted by Crippen LogP contribution is 2.24. The first-order valence-electron chi connectivity index (χ1n) is 4.72. The summed E-state index contributed by atoms with van der Waals surface area (Å²) >= 11 is 1.32. The van der Waals surface area contributed by atoms with Gasteiger partial charge in [-0.25, -0.2) is 4.79 Å². The van der Waals surface area contributed by atoms with Crippen molar-refractivity contribution in [3.05, 3.63) is 56.9 Å². The fraction of sp³-hybridized carbons (Fsp3) is 0.0909. The highest BCUT2D eigenvalue weighted by atomic mass is 32.2. The first-order chi connectivity index (χ1) is 7.65. The normalized spacial score (nSPS) is 10.3. The van der Waals surface area contributed by atoms with Gasteiger partial charge in [0.05, 0.1) is 4.90 Å². The molecule has 0 aliphatic carbocycles. The molecule has 1 aromatic heterocycles. The van der Waals surface area contributed by atoms with Gasteiger partial charge in [0.2, 0.25) is 0 Å². The number of rotatable bonds is 2. The maximum Gasteiger partial charge on any atom is 0.325 e. The van der Waals surface area contributed by atoms with Gasteiger partial charge in [0.25, 0.3) is 5.56 Å². The summed E-state index contributed by atoms with van der Waals surface area (Å²) in [5, 5.41) is 0. The lowest BCUT2D eigenvalue weighted by molar-refractivity contribution is 0.976. The number of nitrogens with one attached hydrogen (secondary N) is 2. The van der Waals surface area contributed by atoms with Gasteiger partial charge in [-0.1, -0.05) is 29.5 Å². The van der Waals surface area contributed by atoms with Crippen LogP contribution >= 0.6 is 11.8 Å². The van der Waals surface area contributed by atoms with Crippen molar-refractivity contribution < 1.29 is 0 Å². The van der Waals surface area contributed by atoms with Crippen molar-refractivity contribution in [2.24, 2.45) is 0 Å². The van der Waals surface area contributed by atoms with Crippen LogP contribution in [0.25, 0.3) is 0 Å². The molecule has 0 aliphatic heterocycles. The minimum absolute atomic E-state index is 0.366. The fourth-order valence-electron chi connectivity index (χ4n) is 1.28. The van der Waals surface area contributed by atoms with Gasteiger partial charge in [-0.05, 0) is 19.1 Å². The number of aryl methyl sites for hydroxylation is 1. The van der Waals surface area contributed by atoms with Crippen molar-refractivity contribution in [3.8, 4) is 0 Å². The number of H-pyrrole nitrogens is 2. The molecule has 5 heteroatoms. The average Bonchev–Trinajstić information content (AvgIpc) is 2.22. The largest absolute Gasteiger partial charge is 0.325 e. The molecule has 82 valence electrons. The molecule has 0 saturated heterocycles. The third-order valence-corrected chi connectivity index (χ3v) is 3.02. The Balaban J connectivity index is 2.34. The molecule has 0 atom stereocenters. The van der Waals surface area contributed by atoms with E-state index in [2.05, 4.69) is 9.97 Å². The van der Waals surface area contributed by atoms with Crippen LogP contribution in [0.5, 0.6) is 0 Å². The van der Waals surface area contributed by atoms with Crippen LogP contribution in [0, 0.1) is 6.92 Å². The third kappa shape index (κ3) is 2.43. The Morgan fingerprint density at radius 3 is 2.75 bits per heavy atom. The van der Waals surface area contributed by atoms with Crippen LogP contribution in [0.2, 0.25) is 0 Å². The standard InChI is InChI=1S/C11H10N2O2S/c1-7-3-2-4-8(5-7)16-9-6-12-11(15)13-10(9)14/h2-6H,1H3,(H2,12,13,14,15). The molecule has 0 aliphatic rings. The molecule has 1 heterocycles. The summed E-state index contributed by atoms with van der Waals surface area (Å²) < 4.78 is 0. The van der Waals surface area contributed by atoms with E-state index in [-0.39, 0.29) is 5.56 Å². The van der Waals surface area contributed by atoms with Crippen molar-refractivity contribution in [1.29, 1.82) is 0 Å². The SMILES string of the molecule is Cc1cccc(Sc2c[nH]c(=O)[nH]c2=O)c1. The molecule has 0 bridgehead atoms. The molecule has 0 amide bonds. The molecule has 0 unspecified atom stereocenters. The lowest BCUT2D eigenvalue weighted by atomic mass is 10.2. The molecule has 0 saturated carbocycles. The van der Waals surface area contributed by atoms with E-state index in [1.54, 1.807) is 0 Å². The van der Waals surface area contributed by atoms with Crippen molar-refractivity contribution in [3.63, 3.8) is 0 Å². The summed E-state index contributed by atoms with van der Waals surface area (Å²) in [6.45, 7) is 1.99. The van der Waals surface area contributed by atoms with E-state index in [4.69, 9.17) is 0 Å². The first kappa shape index (κ1) is 10.8. The summed E-state index contributed by atoms with van der Waals surface area (Å²) in [6.07, 6.45) is 1.42. The second-order valence-corrected chi connectivity index (χ2v) is 4.47. The lowest BCUT2D eigenvalue weighted by Gasteiger charge is -2.00. The van der Waals surface area contributed by atoms with Crippen LogP contribution in [0.15, 0.2) is 49.8 Å². The van der Waals surface area contributed by atoms with E-state index in [0.717, 1.165) is 10.5 Å². The zero-order chi connectivity index (χ0) is 11.5. The second kappa shape index (κ2) is 4.40. The average molecular weight is 234 g/mol. The zero-order valence-corrected chi connectivity index (χ0v) is 9.43. The molecule has 2 aromatic rings. The maximum atomic E-state index is 11.4. The second-order valence-electron chi connectivity index (χ2n) is 3.35. The Labute approximate surface area is 95.7 Å². The van der Waals surface area contributed by atoms with E-state index in [9.17, 15) is 9.59 Å². The minimum atomic E-state index is -0.487. The van der Waals surface area contributed by atoms with E-state index in [0.29, 0.717) is 4.90 Å². The molecule has 2 N–H and O–H groups in total. The summed E-state index contributed by atoms with van der Waals surface area (Å²) in [4.78, 5) is 28.3. The Morgan fingerprint density at radius 2 is 2.06 bits per heavy atom. The molecule has 1 aromatic carbocycles. The molecule has 16 heavy (non-hydrogen) atoms. The van der Waals surface area contributed by atoms with Crippen molar-refractivity contribution in [1.82, 2.24) is 9.97 Å². The first-order valence-corrected chi connectivity index (χ1v) is 5.53. The summed E-state index contributed by atoms with van der Waals surface area (Å²) in [6, 6.07) is 7.82. The number of benzene rings is 1. The lowest BCUT2D eigenvalue weighted by Crippen LogP contribution is -2.22. The van der Waals surface area contributed by atoms with Crippen LogP contribution in [-0.4, -0.2) is 9.97 Å². The number of hydrogen-bond acceptors (Lipinski definition) is 3. The van der Waals surface area contributed by atoms with E-state index in [1.807, 2.05) is 31.2 Å². The van der Waals surface area contributed by atoms with Gasteiger partial charge in [-0.15, -0.1) is 0 Å². The number of hydrogen-bond donors (Lipinski definition) is 2. The Hall–Kier alpha value is -1.75. The quantitative estimate of drug-likeness (QED) is 0.828. The van der Waals surface area contributed by atoms with E-state index < -0.39 is 5.69 Å². The van der Waals surface area contributed by atoms with Crippen LogP contribution in [0.4, 0.5) is 0 Å². The van der Waals surface area contributed by atoms with Crippen LogP contribution in [0.1, 0.15) is 5.56 Å². The highest BCUT2D eigenvalue weighted by Gasteiger charge is 2.02. The predicted octanol–water partition coefficient (Wildman–Crippen LogP) is 1.52. The zero-order valence-electron chi connectivity index (χ0n) is 8.61. The van der Waals surface area contributed by atoms with Crippen molar-refractivity contribution >= 4 is 11.8 Å². The van der Waals surface area contributed by atoms with Gasteiger partial charge in [-0.2, -0.15) is 0 Å². The molecule has 2 rings (SSSR count). The van der Waals surface area contributed by atoms with Gasteiger partial charge < -0.3 is 4.98 Å². The van der Waals surface area contributed by atoms with Crippen LogP contribution < -0.4 is 11.2 Å². The summed E-state index contributed by atoms with van der Waals surface area (Å²) in [7, 11) is 0. The van der Waals surface area contributed by atoms with Crippen LogP contribution in [0.3, 0.4) is 0 Å². The van der Waals surface area contributed by atoms with Gasteiger partial charge in [0, 0.05) is 11.1 Å². The van der Waals surface area contributed by atoms with Gasteiger partial charge in [0.1, 0.15) is 0 Å². The van der Waals surface area contributed by atoms with Crippen molar-refractivity contribution in [2.75, 3.05) is 0 Å². The molecular formula is C11H10N2O2S. The molecular weight excluding hydrogens is 224 g/mol. The fourth-order valence-corrected chi connectivity index (χ4v) is 2.19. The van der Waals surface area contributed by atoms with E-state index in [1.165, 1.54) is 18.0 Å². The predicted molar refractivity (Wildman–Crippen MR) is 63.0 cm³/mol. The highest BCUT2D eigenvalue weighted by molar-refractivity contribution is 7.99. The molecule has 0 fully saturated rings. The molecule has 0 radical (unpaired) electrons. The Bertz CT molecular complexity index is 616. The molecule has 0 spiro atoms. The third-order valence-electron chi connectivity index (χ3n) is 2.00. The monoisotopic (exact) mass is 234 g/mol. The maximum absolute atomic E-state index is 11.4. The molecule has 4 nitrogen and oxygen atoms in total. The van der Waals surface area contributed by atoms with Crippen molar-refractivity contribution in [2.45, 2.75) is 16.7 Å². The summed E-state index contributed by atoms with van der Waals surface area (Å²) in [5.74, 6) is 0. The van der Waals surface area contributed by atoms with Gasteiger partial charge >= 0.3 is 5.69 Å². The minimum Gasteiger partial charge on any atom is -0.313 e. The summed E-state index contributed by atoms with van der Waals surface area (Å²) in [5.41, 5.74) is 0.278. The van der Waals surface area contributed by atoms with Crippen LogP contribution in [-0.2, 0) is 0 Å². The van der Waals surface area contributed by atoms with Gasteiger partial charge in [-0.3, -0.25) is 9.78 Å². The Kier molecular flexibility index (Phi) is 2.96. The smallest absolute Gasteiger partial charge is 0.313 e. The topological polar surface area (TPSA) is 65.7 Å². The van der Waals surface area contributed by atoms with Gasteiger partial charge in [0.15, 0.2) is 0 Å². The number of aromatic amines is 2.